The second-order valence-electron chi connectivity index (χ2n) is 7.69. The van der Waals surface area contributed by atoms with Gasteiger partial charge in [0.1, 0.15) is 16.5 Å². The molecular weight excluding hydrogens is 474 g/mol. The van der Waals surface area contributed by atoms with Gasteiger partial charge in [-0.1, -0.05) is 55.3 Å². The van der Waals surface area contributed by atoms with Crippen LogP contribution in [-0.4, -0.2) is 31.5 Å². The van der Waals surface area contributed by atoms with Gasteiger partial charge in [0.05, 0.1) is 4.90 Å². The highest BCUT2D eigenvalue weighted by Crippen LogP contribution is 2.34. The Morgan fingerprint density at radius 2 is 1.56 bits per heavy atom. The molecule has 7 nitrogen and oxygen atoms in total. The number of carbonyl (C=O) groups excluding carboxylic acids is 2. The number of nitrogens with zero attached hydrogens (tertiary/aromatic N) is 2. The molecule has 0 atom stereocenters. The van der Waals surface area contributed by atoms with Crippen LogP contribution >= 0.6 is 11.6 Å². The van der Waals surface area contributed by atoms with Gasteiger partial charge in [-0.15, -0.1) is 0 Å². The van der Waals surface area contributed by atoms with Crippen molar-refractivity contribution >= 4 is 44.7 Å². The van der Waals surface area contributed by atoms with E-state index in [1.807, 2.05) is 6.92 Å². The SMILES string of the molecule is CCCCN(C1=C(Cl)C(=O)c2ccccc2C1=O)c1ccc(S(=O)(=O)Nc2ccccn2)cc1. The molecule has 2 aromatic carbocycles. The molecule has 174 valence electrons. The summed E-state index contributed by atoms with van der Waals surface area (Å²) in [4.78, 5) is 31.9. The highest BCUT2D eigenvalue weighted by Gasteiger charge is 2.34. The highest BCUT2D eigenvalue weighted by atomic mass is 35.5. The van der Waals surface area contributed by atoms with Crippen LogP contribution in [0.25, 0.3) is 0 Å². The first kappa shape index (κ1) is 23.7. The molecule has 3 aromatic rings. The van der Waals surface area contributed by atoms with Crippen LogP contribution in [0.15, 0.2) is 88.6 Å². The summed E-state index contributed by atoms with van der Waals surface area (Å²) in [7, 11) is -3.86. The fourth-order valence-electron chi connectivity index (χ4n) is 3.68. The molecule has 0 amide bonds. The van der Waals surface area contributed by atoms with E-state index in [0.717, 1.165) is 12.8 Å². The fourth-order valence-corrected chi connectivity index (χ4v) is 4.98. The number of fused-ring (bicyclic) bond motifs is 1. The zero-order chi connectivity index (χ0) is 24.3. The van der Waals surface area contributed by atoms with Crippen LogP contribution in [0.2, 0.25) is 0 Å². The van der Waals surface area contributed by atoms with E-state index in [-0.39, 0.29) is 32.8 Å². The largest absolute Gasteiger partial charge is 0.337 e. The number of halogens is 1. The maximum Gasteiger partial charge on any atom is 0.263 e. The van der Waals surface area contributed by atoms with E-state index >= 15 is 0 Å². The van der Waals surface area contributed by atoms with Crippen LogP contribution in [0.3, 0.4) is 0 Å². The molecule has 0 bridgehead atoms. The number of allylic oxidation sites excluding steroid dienone is 2. The van der Waals surface area contributed by atoms with Crippen molar-refractivity contribution in [1.82, 2.24) is 4.98 Å². The van der Waals surface area contributed by atoms with E-state index in [4.69, 9.17) is 11.6 Å². The molecule has 4 rings (SSSR count). The first-order valence-corrected chi connectivity index (χ1v) is 12.6. The number of hydrogen-bond donors (Lipinski definition) is 1. The van der Waals surface area contributed by atoms with Gasteiger partial charge in [0.15, 0.2) is 0 Å². The number of anilines is 2. The van der Waals surface area contributed by atoms with Crippen molar-refractivity contribution in [3.63, 3.8) is 0 Å². The first-order chi connectivity index (χ1) is 16.3. The molecule has 34 heavy (non-hydrogen) atoms. The molecular formula is C25H22ClN3O4S. The Balaban J connectivity index is 1.69. The standard InChI is InChI=1S/C25H22ClN3O4S/c1-2-3-16-29(23-22(26)24(30)19-8-4-5-9-20(19)25(23)31)17-11-13-18(14-12-17)34(32,33)28-21-10-6-7-15-27-21/h4-15H,2-3,16H2,1H3,(H,27,28). The van der Waals surface area contributed by atoms with E-state index in [0.29, 0.717) is 17.8 Å². The van der Waals surface area contributed by atoms with E-state index in [1.165, 1.54) is 18.3 Å². The minimum Gasteiger partial charge on any atom is -0.337 e. The molecule has 1 N–H and O–H groups in total. The number of ketones is 2. The van der Waals surface area contributed by atoms with Crippen molar-refractivity contribution in [3.8, 4) is 0 Å². The van der Waals surface area contributed by atoms with Crippen LogP contribution in [0.1, 0.15) is 40.5 Å². The van der Waals surface area contributed by atoms with Crippen molar-refractivity contribution in [1.29, 1.82) is 0 Å². The van der Waals surface area contributed by atoms with Crippen molar-refractivity contribution in [2.75, 3.05) is 16.2 Å². The van der Waals surface area contributed by atoms with Crippen molar-refractivity contribution < 1.29 is 18.0 Å². The normalized spacial score (nSPS) is 13.6. The van der Waals surface area contributed by atoms with Gasteiger partial charge in [-0.25, -0.2) is 13.4 Å². The summed E-state index contributed by atoms with van der Waals surface area (Å²) in [6.45, 7) is 2.44. The van der Waals surface area contributed by atoms with Crippen molar-refractivity contribution in [2.24, 2.45) is 0 Å². The molecule has 1 aromatic heterocycles. The molecule has 9 heteroatoms. The predicted octanol–water partition coefficient (Wildman–Crippen LogP) is 5.02. The third-order valence-corrected chi connectivity index (χ3v) is 7.13. The second-order valence-corrected chi connectivity index (χ2v) is 9.75. The zero-order valence-corrected chi connectivity index (χ0v) is 19.9. The highest BCUT2D eigenvalue weighted by molar-refractivity contribution is 7.92. The number of hydrogen-bond acceptors (Lipinski definition) is 6. The Morgan fingerprint density at radius 3 is 2.18 bits per heavy atom. The monoisotopic (exact) mass is 495 g/mol. The third kappa shape index (κ3) is 4.60. The van der Waals surface area contributed by atoms with Gasteiger partial charge < -0.3 is 4.90 Å². The van der Waals surface area contributed by atoms with Crippen molar-refractivity contribution in [3.05, 3.63) is 94.8 Å². The molecule has 0 saturated heterocycles. The van der Waals surface area contributed by atoms with E-state index < -0.39 is 15.8 Å². The Labute approximate surface area is 203 Å². The van der Waals surface area contributed by atoms with E-state index in [1.54, 1.807) is 59.5 Å². The summed E-state index contributed by atoms with van der Waals surface area (Å²) in [6, 6.07) is 17.6. The maximum absolute atomic E-state index is 13.3. The number of unbranched alkanes of at least 4 members (excludes halogenated alkanes) is 1. The lowest BCUT2D eigenvalue weighted by Crippen LogP contribution is -2.34. The Morgan fingerprint density at radius 1 is 0.912 bits per heavy atom. The van der Waals surface area contributed by atoms with Gasteiger partial charge in [0.25, 0.3) is 10.0 Å². The van der Waals surface area contributed by atoms with Gasteiger partial charge in [-0.3, -0.25) is 14.3 Å². The van der Waals surface area contributed by atoms with Gasteiger partial charge >= 0.3 is 0 Å². The number of nitrogens with one attached hydrogen (secondary N) is 1. The summed E-state index contributed by atoms with van der Waals surface area (Å²) in [5, 5.41) is -0.145. The maximum atomic E-state index is 13.3. The Hall–Kier alpha value is -3.49. The smallest absolute Gasteiger partial charge is 0.263 e. The first-order valence-electron chi connectivity index (χ1n) is 10.7. The molecule has 0 spiro atoms. The average molecular weight is 496 g/mol. The molecule has 1 aliphatic carbocycles. The number of rotatable bonds is 8. The molecule has 0 unspecified atom stereocenters. The quantitative estimate of drug-likeness (QED) is 0.471. The lowest BCUT2D eigenvalue weighted by atomic mass is 9.91. The topological polar surface area (TPSA) is 96.4 Å². The Bertz CT molecular complexity index is 1370. The zero-order valence-electron chi connectivity index (χ0n) is 18.4. The summed E-state index contributed by atoms with van der Waals surface area (Å²) >= 11 is 6.43. The van der Waals surface area contributed by atoms with Crippen LogP contribution in [0.5, 0.6) is 0 Å². The number of benzene rings is 2. The van der Waals surface area contributed by atoms with Crippen LogP contribution < -0.4 is 9.62 Å². The number of sulfonamides is 1. The van der Waals surface area contributed by atoms with Gasteiger partial charge in [-0.05, 0) is 42.8 Å². The summed E-state index contributed by atoms with van der Waals surface area (Å²) in [5.41, 5.74) is 1.23. The lowest BCUT2D eigenvalue weighted by Gasteiger charge is -2.30. The molecule has 1 aliphatic rings. The number of Topliss-reactive ketones (excluding diaryl/α,β-unsaturated/α-hetero) is 2. The van der Waals surface area contributed by atoms with E-state index in [2.05, 4.69) is 9.71 Å². The molecule has 0 radical (unpaired) electrons. The number of aromatic nitrogens is 1. The average Bonchev–Trinajstić information content (AvgIpc) is 2.85. The Kier molecular flexibility index (Phi) is 6.81. The minimum atomic E-state index is -3.86. The van der Waals surface area contributed by atoms with Gasteiger partial charge in [0, 0.05) is 29.6 Å². The molecule has 0 fully saturated rings. The van der Waals surface area contributed by atoms with Crippen molar-refractivity contribution in [2.45, 2.75) is 24.7 Å². The second kappa shape index (κ2) is 9.79. The molecule has 0 aliphatic heterocycles. The predicted molar refractivity (Wildman–Crippen MR) is 132 cm³/mol. The fraction of sp³-hybridized carbons (Fsp3) is 0.160. The molecule has 0 saturated carbocycles. The van der Waals surface area contributed by atoms with Crippen LogP contribution in [0.4, 0.5) is 11.5 Å². The molecule has 1 heterocycles. The minimum absolute atomic E-state index is 0.0359. The lowest BCUT2D eigenvalue weighted by molar-refractivity contribution is 0.0978. The van der Waals surface area contributed by atoms with Crippen LogP contribution in [-0.2, 0) is 10.0 Å². The van der Waals surface area contributed by atoms with Gasteiger partial charge in [0.2, 0.25) is 11.6 Å². The number of carbonyl (C=O) groups is 2. The van der Waals surface area contributed by atoms with Crippen LogP contribution in [0, 0.1) is 0 Å². The van der Waals surface area contributed by atoms with E-state index in [9.17, 15) is 18.0 Å². The third-order valence-electron chi connectivity index (χ3n) is 5.41. The summed E-state index contributed by atoms with van der Waals surface area (Å²) in [5.74, 6) is -0.546. The number of pyridine rings is 1. The summed E-state index contributed by atoms with van der Waals surface area (Å²) < 4.78 is 27.9. The summed E-state index contributed by atoms with van der Waals surface area (Å²) in [6.07, 6.45) is 3.07. The van der Waals surface area contributed by atoms with Gasteiger partial charge in [-0.2, -0.15) is 0 Å².